The molecule has 1 aromatic rings. The van der Waals surface area contributed by atoms with Crippen molar-refractivity contribution in [2.75, 3.05) is 11.9 Å². The predicted octanol–water partition coefficient (Wildman–Crippen LogP) is 2.76. The Kier molecular flexibility index (Phi) is 4.19. The molecule has 0 bridgehead atoms. The molecule has 3 nitrogen and oxygen atoms in total. The SMILES string of the molecule is CC(=O)c1cc2c(cc1O)CCCCN2.Cl. The number of fused-ring (bicyclic) bond motifs is 1. The molecule has 2 rings (SSSR count). The Morgan fingerprint density at radius 1 is 1.38 bits per heavy atom. The summed E-state index contributed by atoms with van der Waals surface area (Å²) in [5, 5.41) is 13.0. The Hall–Kier alpha value is -1.22. The van der Waals surface area contributed by atoms with Crippen LogP contribution in [0.2, 0.25) is 0 Å². The molecule has 0 saturated carbocycles. The number of benzene rings is 1. The van der Waals surface area contributed by atoms with Crippen LogP contribution in [0, 0.1) is 0 Å². The van der Waals surface area contributed by atoms with Crippen molar-refractivity contribution in [3.63, 3.8) is 0 Å². The smallest absolute Gasteiger partial charge is 0.163 e. The first-order valence-corrected chi connectivity index (χ1v) is 5.29. The lowest BCUT2D eigenvalue weighted by Crippen LogP contribution is -2.02. The van der Waals surface area contributed by atoms with E-state index in [-0.39, 0.29) is 23.9 Å². The predicted molar refractivity (Wildman–Crippen MR) is 66.8 cm³/mol. The minimum Gasteiger partial charge on any atom is -0.507 e. The van der Waals surface area contributed by atoms with E-state index in [4.69, 9.17) is 0 Å². The maximum atomic E-state index is 11.3. The van der Waals surface area contributed by atoms with E-state index in [2.05, 4.69) is 5.32 Å². The zero-order valence-electron chi connectivity index (χ0n) is 9.25. The third-order valence-corrected chi connectivity index (χ3v) is 2.79. The highest BCUT2D eigenvalue weighted by molar-refractivity contribution is 5.98. The van der Waals surface area contributed by atoms with Crippen molar-refractivity contribution in [2.45, 2.75) is 26.2 Å². The lowest BCUT2D eigenvalue weighted by Gasteiger charge is -2.10. The van der Waals surface area contributed by atoms with E-state index in [1.807, 2.05) is 0 Å². The van der Waals surface area contributed by atoms with E-state index in [9.17, 15) is 9.90 Å². The fraction of sp³-hybridized carbons (Fsp3) is 0.417. The number of anilines is 1. The fourth-order valence-corrected chi connectivity index (χ4v) is 1.95. The van der Waals surface area contributed by atoms with Gasteiger partial charge in [-0.2, -0.15) is 0 Å². The van der Waals surface area contributed by atoms with Crippen LogP contribution in [0.1, 0.15) is 35.7 Å². The van der Waals surface area contributed by atoms with Crippen molar-refractivity contribution < 1.29 is 9.90 Å². The molecule has 0 spiro atoms. The lowest BCUT2D eigenvalue weighted by atomic mass is 10.0. The van der Waals surface area contributed by atoms with Gasteiger partial charge < -0.3 is 10.4 Å². The first-order valence-electron chi connectivity index (χ1n) is 5.29. The summed E-state index contributed by atoms with van der Waals surface area (Å²) >= 11 is 0. The normalized spacial score (nSPS) is 14.1. The quantitative estimate of drug-likeness (QED) is 0.587. The Balaban J connectivity index is 0.00000128. The number of carbonyl (C=O) groups excluding carboxylic acids is 1. The molecule has 4 heteroatoms. The molecule has 0 aromatic heterocycles. The molecule has 1 aliphatic heterocycles. The zero-order valence-corrected chi connectivity index (χ0v) is 10.1. The first-order chi connectivity index (χ1) is 7.18. The summed E-state index contributed by atoms with van der Waals surface area (Å²) in [6, 6.07) is 3.47. The molecule has 0 amide bonds. The highest BCUT2D eigenvalue weighted by atomic mass is 35.5. The second-order valence-electron chi connectivity index (χ2n) is 3.97. The number of aromatic hydroxyl groups is 1. The van der Waals surface area contributed by atoms with E-state index in [0.717, 1.165) is 37.1 Å². The molecular weight excluding hydrogens is 226 g/mol. The number of Topliss-reactive ketones (excluding diaryl/α,β-unsaturated/α-hetero) is 1. The highest BCUT2D eigenvalue weighted by Gasteiger charge is 2.13. The average Bonchev–Trinajstić information content (AvgIpc) is 2.40. The van der Waals surface area contributed by atoms with Gasteiger partial charge in [0.15, 0.2) is 5.78 Å². The number of hydrogen-bond acceptors (Lipinski definition) is 3. The molecule has 0 saturated heterocycles. The van der Waals surface area contributed by atoms with Crippen molar-refractivity contribution in [1.29, 1.82) is 0 Å². The maximum absolute atomic E-state index is 11.3. The summed E-state index contributed by atoms with van der Waals surface area (Å²) in [5.74, 6) is 0.00583. The Bertz CT molecular complexity index is 404. The van der Waals surface area contributed by atoms with Crippen molar-refractivity contribution in [3.8, 4) is 5.75 Å². The summed E-state index contributed by atoms with van der Waals surface area (Å²) in [7, 11) is 0. The summed E-state index contributed by atoms with van der Waals surface area (Å²) in [5.41, 5.74) is 2.51. The molecule has 0 unspecified atom stereocenters. The number of rotatable bonds is 1. The Morgan fingerprint density at radius 3 is 2.81 bits per heavy atom. The van der Waals surface area contributed by atoms with E-state index in [1.54, 1.807) is 12.1 Å². The molecule has 2 N–H and O–H groups in total. The molecule has 88 valence electrons. The molecule has 1 aliphatic rings. The van der Waals surface area contributed by atoms with Crippen LogP contribution in [-0.2, 0) is 6.42 Å². The second kappa shape index (κ2) is 5.21. The second-order valence-corrected chi connectivity index (χ2v) is 3.97. The van der Waals surface area contributed by atoms with Gasteiger partial charge in [0.2, 0.25) is 0 Å². The van der Waals surface area contributed by atoms with Gasteiger partial charge in [-0.25, -0.2) is 0 Å². The summed E-state index contributed by atoms with van der Waals surface area (Å²) in [6.45, 7) is 2.41. The minimum absolute atomic E-state index is 0. The van der Waals surface area contributed by atoms with E-state index in [0.29, 0.717) is 5.56 Å². The van der Waals surface area contributed by atoms with E-state index in [1.165, 1.54) is 6.92 Å². The third kappa shape index (κ3) is 2.47. The number of halogens is 1. The molecule has 16 heavy (non-hydrogen) atoms. The van der Waals surface area contributed by atoms with Crippen molar-refractivity contribution in [2.24, 2.45) is 0 Å². The van der Waals surface area contributed by atoms with Crippen LogP contribution in [-0.4, -0.2) is 17.4 Å². The van der Waals surface area contributed by atoms with Gasteiger partial charge >= 0.3 is 0 Å². The Morgan fingerprint density at radius 2 is 2.12 bits per heavy atom. The fourth-order valence-electron chi connectivity index (χ4n) is 1.95. The zero-order chi connectivity index (χ0) is 10.8. The Labute approximate surface area is 101 Å². The van der Waals surface area contributed by atoms with E-state index >= 15 is 0 Å². The number of nitrogens with one attached hydrogen (secondary N) is 1. The van der Waals surface area contributed by atoms with Crippen LogP contribution in [0.4, 0.5) is 5.69 Å². The van der Waals surface area contributed by atoms with Crippen molar-refractivity contribution in [1.82, 2.24) is 0 Å². The number of aryl methyl sites for hydroxylation is 1. The van der Waals surface area contributed by atoms with Gasteiger partial charge in [0, 0.05) is 12.2 Å². The topological polar surface area (TPSA) is 49.3 Å². The van der Waals surface area contributed by atoms with Crippen LogP contribution < -0.4 is 5.32 Å². The van der Waals surface area contributed by atoms with Crippen molar-refractivity contribution in [3.05, 3.63) is 23.3 Å². The molecule has 0 fully saturated rings. The monoisotopic (exact) mass is 241 g/mol. The van der Waals surface area contributed by atoms with Gasteiger partial charge in [-0.05, 0) is 43.9 Å². The van der Waals surface area contributed by atoms with Gasteiger partial charge in [-0.3, -0.25) is 4.79 Å². The van der Waals surface area contributed by atoms with Gasteiger partial charge in [-0.1, -0.05) is 0 Å². The van der Waals surface area contributed by atoms with Gasteiger partial charge in [0.1, 0.15) is 5.75 Å². The van der Waals surface area contributed by atoms with Crippen LogP contribution in [0.25, 0.3) is 0 Å². The third-order valence-electron chi connectivity index (χ3n) is 2.79. The standard InChI is InChI=1S/C12H15NO2.ClH/c1-8(14)10-7-11-9(6-12(10)15)4-2-3-5-13-11;/h6-7,13,15H,2-5H2,1H3;1H. The summed E-state index contributed by atoms with van der Waals surface area (Å²) in [6.07, 6.45) is 3.22. The minimum atomic E-state index is -0.0960. The van der Waals surface area contributed by atoms with Crippen LogP contribution >= 0.6 is 12.4 Å². The summed E-state index contributed by atoms with van der Waals surface area (Å²) in [4.78, 5) is 11.3. The first kappa shape index (κ1) is 12.8. The number of phenols is 1. The lowest BCUT2D eigenvalue weighted by molar-refractivity contribution is 0.101. The largest absolute Gasteiger partial charge is 0.507 e. The number of hydrogen-bond donors (Lipinski definition) is 2. The molecular formula is C12H16ClNO2. The van der Waals surface area contributed by atoms with Crippen LogP contribution in [0.3, 0.4) is 0 Å². The molecule has 1 aromatic carbocycles. The average molecular weight is 242 g/mol. The maximum Gasteiger partial charge on any atom is 0.163 e. The van der Waals surface area contributed by atoms with Gasteiger partial charge in [-0.15, -0.1) is 12.4 Å². The van der Waals surface area contributed by atoms with Gasteiger partial charge in [0.05, 0.1) is 5.56 Å². The number of phenolic OH excluding ortho intramolecular Hbond substituents is 1. The molecule has 0 radical (unpaired) electrons. The molecule has 0 atom stereocenters. The van der Waals surface area contributed by atoms with Crippen molar-refractivity contribution >= 4 is 23.9 Å². The summed E-state index contributed by atoms with van der Waals surface area (Å²) < 4.78 is 0. The van der Waals surface area contributed by atoms with Crippen LogP contribution in [0.5, 0.6) is 5.75 Å². The molecule has 0 aliphatic carbocycles. The highest BCUT2D eigenvalue weighted by Crippen LogP contribution is 2.29. The number of carbonyl (C=O) groups is 1. The van der Waals surface area contributed by atoms with Crippen LogP contribution in [0.15, 0.2) is 12.1 Å². The molecule has 1 heterocycles. The van der Waals surface area contributed by atoms with E-state index < -0.39 is 0 Å². The number of ketones is 1. The van der Waals surface area contributed by atoms with Gasteiger partial charge in [0.25, 0.3) is 0 Å².